The number of rotatable bonds is 4. The molecule has 0 saturated carbocycles. The third kappa shape index (κ3) is 3.37. The van der Waals surface area contributed by atoms with Crippen LogP contribution >= 0.6 is 0 Å². The van der Waals surface area contributed by atoms with E-state index in [1.807, 2.05) is 43.3 Å². The van der Waals surface area contributed by atoms with Gasteiger partial charge in [0.15, 0.2) is 0 Å². The van der Waals surface area contributed by atoms with Crippen LogP contribution in [0.1, 0.15) is 45.7 Å². The van der Waals surface area contributed by atoms with Crippen molar-refractivity contribution in [2.24, 2.45) is 7.05 Å². The first-order valence-electron chi connectivity index (χ1n) is 9.35. The van der Waals surface area contributed by atoms with Gasteiger partial charge in [0.1, 0.15) is 6.33 Å². The maximum atomic E-state index is 12.9. The Labute approximate surface area is 159 Å². The monoisotopic (exact) mass is 362 g/mol. The first kappa shape index (κ1) is 18.8. The van der Waals surface area contributed by atoms with Gasteiger partial charge >= 0.3 is 5.69 Å². The number of aromatic nitrogens is 4. The van der Waals surface area contributed by atoms with Gasteiger partial charge in [-0.1, -0.05) is 45.1 Å². The van der Waals surface area contributed by atoms with Crippen molar-refractivity contribution in [3.63, 3.8) is 0 Å². The lowest BCUT2D eigenvalue weighted by molar-refractivity contribution is 0.797. The predicted octanol–water partition coefficient (Wildman–Crippen LogP) is 2.79. The van der Waals surface area contributed by atoms with Crippen molar-refractivity contribution in [2.45, 2.75) is 40.0 Å². The predicted molar refractivity (Wildman–Crippen MR) is 112 cm³/mol. The molecular formula is C22H26N4O. The standard InChI is InChI=1S/C22H26N4O/c1-6-10-17-18(23-14-24-21(17)15(3)4)13-16(7-2)26-20-12-9-8-11-19(20)25(5)22(26)27/h7-15H,6H2,1-5H3/b16-7+,17-10+,18-13+. The Hall–Kier alpha value is -2.95. The number of nitrogens with zero attached hydrogens (tertiary/aromatic N) is 4. The molecule has 0 amide bonds. The van der Waals surface area contributed by atoms with Crippen molar-refractivity contribution in [1.29, 1.82) is 0 Å². The Kier molecular flexibility index (Phi) is 5.40. The van der Waals surface area contributed by atoms with E-state index in [0.717, 1.165) is 39.4 Å². The minimum Gasteiger partial charge on any atom is -0.295 e. The molecule has 0 aliphatic rings. The summed E-state index contributed by atoms with van der Waals surface area (Å²) in [5, 5.41) is 1.88. The molecule has 1 aromatic carbocycles. The van der Waals surface area contributed by atoms with Gasteiger partial charge in [-0.3, -0.25) is 9.13 Å². The number of benzene rings is 1. The number of para-hydroxylation sites is 2. The average Bonchev–Trinajstić information content (AvgIpc) is 2.92. The van der Waals surface area contributed by atoms with Gasteiger partial charge in [0.05, 0.1) is 22.1 Å². The normalized spacial score (nSPS) is 13.9. The van der Waals surface area contributed by atoms with E-state index in [0.29, 0.717) is 5.92 Å². The van der Waals surface area contributed by atoms with Crippen molar-refractivity contribution >= 4 is 28.9 Å². The second kappa shape index (κ2) is 7.74. The van der Waals surface area contributed by atoms with Gasteiger partial charge in [0.2, 0.25) is 0 Å². The molecule has 27 heavy (non-hydrogen) atoms. The number of hydrogen-bond donors (Lipinski definition) is 0. The zero-order valence-corrected chi connectivity index (χ0v) is 16.6. The summed E-state index contributed by atoms with van der Waals surface area (Å²) in [7, 11) is 1.80. The fourth-order valence-electron chi connectivity index (χ4n) is 3.37. The van der Waals surface area contributed by atoms with E-state index in [1.54, 1.807) is 22.5 Å². The third-order valence-corrected chi connectivity index (χ3v) is 4.70. The van der Waals surface area contributed by atoms with E-state index in [-0.39, 0.29) is 5.69 Å². The fourth-order valence-corrected chi connectivity index (χ4v) is 3.37. The van der Waals surface area contributed by atoms with Crippen LogP contribution in [0.25, 0.3) is 28.9 Å². The number of fused-ring (bicyclic) bond motifs is 1. The van der Waals surface area contributed by atoms with Crippen molar-refractivity contribution in [3.05, 3.63) is 63.4 Å². The maximum absolute atomic E-state index is 12.9. The number of hydrogen-bond acceptors (Lipinski definition) is 3. The van der Waals surface area contributed by atoms with Gasteiger partial charge in [-0.2, -0.15) is 0 Å². The Bertz CT molecular complexity index is 1180. The Morgan fingerprint density at radius 1 is 1.19 bits per heavy atom. The molecule has 0 N–H and O–H groups in total. The second-order valence-corrected chi connectivity index (χ2v) is 6.85. The van der Waals surface area contributed by atoms with E-state index in [2.05, 4.69) is 36.8 Å². The van der Waals surface area contributed by atoms with E-state index in [1.165, 1.54) is 0 Å². The summed E-state index contributed by atoms with van der Waals surface area (Å²) in [5.74, 6) is 0.298. The molecule has 0 spiro atoms. The zero-order chi connectivity index (χ0) is 19.6. The molecule has 5 nitrogen and oxygen atoms in total. The highest BCUT2D eigenvalue weighted by atomic mass is 16.1. The Morgan fingerprint density at radius 2 is 1.89 bits per heavy atom. The Morgan fingerprint density at radius 3 is 2.52 bits per heavy atom. The molecule has 0 bridgehead atoms. The summed E-state index contributed by atoms with van der Waals surface area (Å²) in [6.45, 7) is 8.30. The van der Waals surface area contributed by atoms with Gasteiger partial charge < -0.3 is 0 Å². The van der Waals surface area contributed by atoms with Gasteiger partial charge in [-0.05, 0) is 37.5 Å². The highest BCUT2D eigenvalue weighted by molar-refractivity contribution is 5.86. The van der Waals surface area contributed by atoms with Crippen molar-refractivity contribution < 1.29 is 0 Å². The zero-order valence-electron chi connectivity index (χ0n) is 16.6. The summed E-state index contributed by atoms with van der Waals surface area (Å²) in [6, 6.07) is 7.81. The highest BCUT2D eigenvalue weighted by Crippen LogP contribution is 2.16. The molecule has 5 heteroatoms. The van der Waals surface area contributed by atoms with Crippen molar-refractivity contribution in [1.82, 2.24) is 19.1 Å². The highest BCUT2D eigenvalue weighted by Gasteiger charge is 2.12. The fraction of sp³-hybridized carbons (Fsp3) is 0.318. The van der Waals surface area contributed by atoms with Crippen LogP contribution in [0, 0.1) is 0 Å². The summed E-state index contributed by atoms with van der Waals surface area (Å²) in [5.41, 5.74) is 3.55. The smallest absolute Gasteiger partial charge is 0.295 e. The summed E-state index contributed by atoms with van der Waals surface area (Å²) < 4.78 is 3.41. The lowest BCUT2D eigenvalue weighted by Crippen LogP contribution is -2.34. The molecule has 140 valence electrons. The number of imidazole rings is 1. The van der Waals surface area contributed by atoms with Crippen LogP contribution in [0.3, 0.4) is 0 Å². The molecule has 2 aromatic heterocycles. The van der Waals surface area contributed by atoms with E-state index in [4.69, 9.17) is 0 Å². The lowest BCUT2D eigenvalue weighted by Gasteiger charge is -2.07. The molecule has 0 radical (unpaired) electrons. The molecule has 0 unspecified atom stereocenters. The molecule has 2 heterocycles. The third-order valence-electron chi connectivity index (χ3n) is 4.70. The van der Waals surface area contributed by atoms with Crippen LogP contribution in [-0.4, -0.2) is 19.1 Å². The quantitative estimate of drug-likeness (QED) is 0.717. The summed E-state index contributed by atoms with van der Waals surface area (Å²) in [4.78, 5) is 21.9. The molecule has 0 fully saturated rings. The van der Waals surface area contributed by atoms with Crippen LogP contribution in [0.2, 0.25) is 0 Å². The first-order chi connectivity index (χ1) is 13.0. The van der Waals surface area contributed by atoms with Crippen LogP contribution < -0.4 is 16.3 Å². The van der Waals surface area contributed by atoms with E-state index < -0.39 is 0 Å². The summed E-state index contributed by atoms with van der Waals surface area (Å²) >= 11 is 0. The van der Waals surface area contributed by atoms with Crippen LogP contribution in [0.15, 0.2) is 41.5 Å². The number of allylic oxidation sites excluding steroid dienone is 2. The summed E-state index contributed by atoms with van der Waals surface area (Å²) in [6.07, 6.45) is 8.57. The minimum atomic E-state index is -0.0697. The second-order valence-electron chi connectivity index (χ2n) is 6.85. The average molecular weight is 362 g/mol. The van der Waals surface area contributed by atoms with Gasteiger partial charge in [0, 0.05) is 18.0 Å². The molecular weight excluding hydrogens is 336 g/mol. The van der Waals surface area contributed by atoms with E-state index >= 15 is 0 Å². The number of aryl methyl sites for hydroxylation is 1. The van der Waals surface area contributed by atoms with Gasteiger partial charge in [-0.25, -0.2) is 14.8 Å². The van der Waals surface area contributed by atoms with Crippen LogP contribution in [0.4, 0.5) is 0 Å². The molecule has 0 saturated heterocycles. The largest absolute Gasteiger partial charge is 0.333 e. The van der Waals surface area contributed by atoms with Gasteiger partial charge in [-0.15, -0.1) is 0 Å². The minimum absolute atomic E-state index is 0.0697. The van der Waals surface area contributed by atoms with Crippen LogP contribution in [-0.2, 0) is 7.05 Å². The van der Waals surface area contributed by atoms with E-state index in [9.17, 15) is 4.79 Å². The SMILES string of the molecule is C\C=C(/C=c1/ncnc(C(C)C)/c1=C/CC)n1c(=O)n(C)c2ccccc21. The van der Waals surface area contributed by atoms with Crippen LogP contribution in [0.5, 0.6) is 0 Å². The van der Waals surface area contributed by atoms with Crippen molar-refractivity contribution in [2.75, 3.05) is 0 Å². The van der Waals surface area contributed by atoms with Gasteiger partial charge in [0.25, 0.3) is 0 Å². The Balaban J connectivity index is 2.33. The molecule has 3 rings (SSSR count). The lowest BCUT2D eigenvalue weighted by atomic mass is 10.1. The molecule has 3 aromatic rings. The topological polar surface area (TPSA) is 52.7 Å². The first-order valence-corrected chi connectivity index (χ1v) is 9.35. The molecule has 0 atom stereocenters. The maximum Gasteiger partial charge on any atom is 0.333 e. The molecule has 0 aliphatic carbocycles. The van der Waals surface area contributed by atoms with Crippen molar-refractivity contribution in [3.8, 4) is 0 Å². The molecule has 0 aliphatic heterocycles.